The van der Waals surface area contributed by atoms with Crippen LogP contribution in [0.2, 0.25) is 0 Å². The van der Waals surface area contributed by atoms with Gasteiger partial charge >= 0.3 is 10.2 Å². The molecule has 0 aliphatic carbocycles. The summed E-state index contributed by atoms with van der Waals surface area (Å²) < 4.78 is 39.9. The number of hydrogen-bond acceptors (Lipinski definition) is 5. The fraction of sp³-hybridized carbons (Fsp3) is 0.429. The van der Waals surface area contributed by atoms with Crippen molar-refractivity contribution < 1.29 is 26.6 Å². The Bertz CT molecular complexity index is 735. The highest BCUT2D eigenvalue weighted by Gasteiger charge is 2.32. The molecule has 1 aromatic rings. The molecule has 2 rings (SSSR count). The number of amides is 2. The molecule has 9 heteroatoms. The lowest BCUT2D eigenvalue weighted by Crippen LogP contribution is -2.42. The van der Waals surface area contributed by atoms with Gasteiger partial charge in [-0.3, -0.25) is 9.59 Å². The van der Waals surface area contributed by atoms with Crippen molar-refractivity contribution >= 4 is 27.7 Å². The van der Waals surface area contributed by atoms with E-state index >= 15 is 0 Å². The fourth-order valence-electron chi connectivity index (χ4n) is 2.59. The third kappa shape index (κ3) is 3.79. The molecule has 23 heavy (non-hydrogen) atoms. The summed E-state index contributed by atoms with van der Waals surface area (Å²) in [5, 5.41) is 2.59. The Hall–Kier alpha value is -2.16. The molecule has 1 aliphatic rings. The maximum absolute atomic E-state index is 13.1. The molecule has 2 amide bonds. The first kappa shape index (κ1) is 17.2. The van der Waals surface area contributed by atoms with Crippen LogP contribution in [0, 0.1) is 0 Å². The van der Waals surface area contributed by atoms with Crippen molar-refractivity contribution in [2.75, 3.05) is 19.0 Å². The summed E-state index contributed by atoms with van der Waals surface area (Å²) in [5.41, 5.74) is 0.259. The summed E-state index contributed by atoms with van der Waals surface area (Å²) in [7, 11) is -3.72. The zero-order valence-electron chi connectivity index (χ0n) is 12.7. The minimum Gasteiger partial charge on any atom is -0.495 e. The van der Waals surface area contributed by atoms with Gasteiger partial charge in [0.05, 0.1) is 7.11 Å². The third-order valence-corrected chi connectivity index (χ3v) is 4.52. The molecule has 1 aliphatic heterocycles. The van der Waals surface area contributed by atoms with E-state index in [1.54, 1.807) is 0 Å². The Balaban J connectivity index is 2.20. The van der Waals surface area contributed by atoms with Crippen LogP contribution in [0.25, 0.3) is 0 Å². The van der Waals surface area contributed by atoms with E-state index in [0.29, 0.717) is 13.0 Å². The number of nitrogens with one attached hydrogen (secondary N) is 1. The van der Waals surface area contributed by atoms with Crippen LogP contribution >= 0.6 is 0 Å². The summed E-state index contributed by atoms with van der Waals surface area (Å²) in [5.74, 6) is -0.769. The molecule has 1 atom stereocenters. The van der Waals surface area contributed by atoms with Crippen LogP contribution in [0.15, 0.2) is 23.1 Å². The van der Waals surface area contributed by atoms with Crippen molar-refractivity contribution in [1.29, 1.82) is 0 Å². The van der Waals surface area contributed by atoms with Crippen molar-refractivity contribution in [2.45, 2.75) is 30.7 Å². The first-order valence-corrected chi connectivity index (χ1v) is 8.33. The van der Waals surface area contributed by atoms with E-state index in [4.69, 9.17) is 4.74 Å². The summed E-state index contributed by atoms with van der Waals surface area (Å²) in [6.45, 7) is 1.92. The predicted molar refractivity (Wildman–Crippen MR) is 80.3 cm³/mol. The van der Waals surface area contributed by atoms with Gasteiger partial charge in [-0.15, -0.1) is 3.89 Å². The van der Waals surface area contributed by atoms with Crippen LogP contribution in [0.1, 0.15) is 19.8 Å². The van der Waals surface area contributed by atoms with Crippen LogP contribution < -0.4 is 10.1 Å². The number of carbonyl (C=O) groups excluding carboxylic acids is 2. The molecule has 0 saturated carbocycles. The Morgan fingerprint density at radius 2 is 2.09 bits per heavy atom. The lowest BCUT2D eigenvalue weighted by molar-refractivity contribution is -0.134. The maximum atomic E-state index is 13.1. The molecule has 7 nitrogen and oxygen atoms in total. The minimum atomic E-state index is -4.92. The van der Waals surface area contributed by atoms with E-state index in [2.05, 4.69) is 5.32 Å². The highest BCUT2D eigenvalue weighted by Crippen LogP contribution is 2.29. The summed E-state index contributed by atoms with van der Waals surface area (Å²) in [6.07, 6.45) is 1.29. The number of halogens is 1. The van der Waals surface area contributed by atoms with Crippen molar-refractivity contribution in [1.82, 2.24) is 4.90 Å². The van der Waals surface area contributed by atoms with Crippen molar-refractivity contribution in [3.8, 4) is 5.75 Å². The molecule has 0 bridgehead atoms. The van der Waals surface area contributed by atoms with Gasteiger partial charge in [-0.25, -0.2) is 0 Å². The number of methoxy groups -OCH3 is 1. The Kier molecular flexibility index (Phi) is 4.88. The number of carbonyl (C=O) groups is 2. The molecule has 1 saturated heterocycles. The van der Waals surface area contributed by atoms with Gasteiger partial charge in [-0.05, 0) is 25.0 Å². The molecule has 1 N–H and O–H groups in total. The second kappa shape index (κ2) is 6.53. The highest BCUT2D eigenvalue weighted by molar-refractivity contribution is 7.86. The number of nitrogens with zero attached hydrogens (tertiary/aromatic N) is 1. The fourth-order valence-corrected chi connectivity index (χ4v) is 3.20. The van der Waals surface area contributed by atoms with Gasteiger partial charge in [0.2, 0.25) is 11.8 Å². The molecule has 1 aromatic carbocycles. The topological polar surface area (TPSA) is 92.8 Å². The van der Waals surface area contributed by atoms with Crippen LogP contribution in [0.4, 0.5) is 9.57 Å². The Morgan fingerprint density at radius 1 is 1.39 bits per heavy atom. The van der Waals surface area contributed by atoms with Crippen LogP contribution in [0.5, 0.6) is 5.75 Å². The first-order valence-electron chi connectivity index (χ1n) is 6.95. The molecule has 0 spiro atoms. The number of anilines is 1. The quantitative estimate of drug-likeness (QED) is 0.831. The van der Waals surface area contributed by atoms with Crippen molar-refractivity contribution in [3.05, 3.63) is 18.2 Å². The SMILES string of the molecule is COc1cc(NC(=O)[C@@H]2CCCN2C(C)=O)ccc1S(=O)(=O)F. The number of likely N-dealkylation sites (tertiary alicyclic amines) is 1. The van der Waals surface area contributed by atoms with E-state index in [0.717, 1.165) is 12.5 Å². The number of ether oxygens (including phenoxy) is 1. The zero-order valence-corrected chi connectivity index (χ0v) is 13.5. The average Bonchev–Trinajstić information content (AvgIpc) is 2.95. The molecule has 126 valence electrons. The summed E-state index contributed by atoms with van der Waals surface area (Å²) in [6, 6.07) is 2.93. The van der Waals surface area contributed by atoms with E-state index in [1.807, 2.05) is 0 Å². The maximum Gasteiger partial charge on any atom is 0.335 e. The van der Waals surface area contributed by atoms with Gasteiger partial charge in [0.15, 0.2) is 0 Å². The monoisotopic (exact) mass is 344 g/mol. The van der Waals surface area contributed by atoms with Crippen molar-refractivity contribution in [2.24, 2.45) is 0 Å². The van der Waals surface area contributed by atoms with E-state index in [9.17, 15) is 21.9 Å². The van der Waals surface area contributed by atoms with Crippen LogP contribution in [-0.4, -0.2) is 44.8 Å². The van der Waals surface area contributed by atoms with E-state index in [1.165, 1.54) is 31.1 Å². The minimum absolute atomic E-state index is 0.181. The molecule has 1 heterocycles. The van der Waals surface area contributed by atoms with E-state index < -0.39 is 21.2 Å². The summed E-state index contributed by atoms with van der Waals surface area (Å²) >= 11 is 0. The lowest BCUT2D eigenvalue weighted by Gasteiger charge is -2.22. The zero-order chi connectivity index (χ0) is 17.2. The predicted octanol–water partition coefficient (Wildman–Crippen LogP) is 1.30. The van der Waals surface area contributed by atoms with Gasteiger partial charge in [0.25, 0.3) is 0 Å². The molecule has 0 aromatic heterocycles. The Morgan fingerprint density at radius 3 is 2.65 bits per heavy atom. The molecule has 0 unspecified atom stereocenters. The molecular weight excluding hydrogens is 327 g/mol. The van der Waals surface area contributed by atoms with E-state index in [-0.39, 0.29) is 23.3 Å². The largest absolute Gasteiger partial charge is 0.495 e. The third-order valence-electron chi connectivity index (χ3n) is 3.65. The number of benzene rings is 1. The number of rotatable bonds is 4. The Labute approximate surface area is 133 Å². The molecule has 1 fully saturated rings. The second-order valence-corrected chi connectivity index (χ2v) is 6.48. The van der Waals surface area contributed by atoms with Crippen LogP contribution in [0.3, 0.4) is 0 Å². The van der Waals surface area contributed by atoms with Gasteiger partial charge < -0.3 is 15.0 Å². The average molecular weight is 344 g/mol. The van der Waals surface area contributed by atoms with Crippen LogP contribution in [-0.2, 0) is 19.8 Å². The van der Waals surface area contributed by atoms with Gasteiger partial charge in [-0.1, -0.05) is 0 Å². The summed E-state index contributed by atoms with van der Waals surface area (Å²) in [4.78, 5) is 24.6. The molecule has 0 radical (unpaired) electrons. The number of hydrogen-bond donors (Lipinski definition) is 1. The first-order chi connectivity index (χ1) is 10.7. The second-order valence-electron chi connectivity index (χ2n) is 5.16. The van der Waals surface area contributed by atoms with Crippen molar-refractivity contribution in [3.63, 3.8) is 0 Å². The van der Waals surface area contributed by atoms with Gasteiger partial charge in [0.1, 0.15) is 16.7 Å². The standard InChI is InChI=1S/C14H17FN2O5S/c1-9(18)17-7-3-4-11(17)14(19)16-10-5-6-13(23(15,20)21)12(8-10)22-2/h5-6,8,11H,3-4,7H2,1-2H3,(H,16,19)/t11-/m0/s1. The smallest absolute Gasteiger partial charge is 0.335 e. The lowest BCUT2D eigenvalue weighted by atomic mass is 10.2. The van der Waals surface area contributed by atoms with Gasteiger partial charge in [0, 0.05) is 25.2 Å². The molecular formula is C14H17FN2O5S. The normalized spacial score (nSPS) is 17.9. The highest BCUT2D eigenvalue weighted by atomic mass is 32.3. The van der Waals surface area contributed by atoms with Gasteiger partial charge in [-0.2, -0.15) is 8.42 Å².